The van der Waals surface area contributed by atoms with E-state index < -0.39 is 0 Å². The molecule has 0 saturated heterocycles. The number of primary amides is 1. The van der Waals surface area contributed by atoms with Crippen molar-refractivity contribution in [3.63, 3.8) is 0 Å². The monoisotopic (exact) mass is 299 g/mol. The number of hydrogen-bond donors (Lipinski definition) is 2. The standard InChI is InChI=1S/C16H17N3OS/c17-15(20)6-3-7-16-19-10-12(21-16)8-11-9-18-14-5-2-1-4-13(11)14/h1-2,4-5,9-10,18H,3,6-8H2,(H2,17,20). The number of H-pyrrole nitrogens is 1. The maximum Gasteiger partial charge on any atom is 0.217 e. The highest BCUT2D eigenvalue weighted by atomic mass is 32.1. The SMILES string of the molecule is NC(=O)CCCc1ncc(Cc2c[nH]c3ccccc23)s1. The van der Waals surface area contributed by atoms with Gasteiger partial charge in [0.15, 0.2) is 0 Å². The van der Waals surface area contributed by atoms with Crippen LogP contribution in [0.25, 0.3) is 10.9 Å². The second-order valence-electron chi connectivity index (χ2n) is 5.08. The van der Waals surface area contributed by atoms with Gasteiger partial charge in [0, 0.05) is 41.0 Å². The van der Waals surface area contributed by atoms with Gasteiger partial charge in [-0.3, -0.25) is 4.79 Å². The molecule has 108 valence electrons. The van der Waals surface area contributed by atoms with Crippen LogP contribution in [0.2, 0.25) is 0 Å². The summed E-state index contributed by atoms with van der Waals surface area (Å²) in [6, 6.07) is 8.31. The molecule has 3 N–H and O–H groups in total. The molecule has 0 unspecified atom stereocenters. The molecule has 0 aliphatic rings. The lowest BCUT2D eigenvalue weighted by atomic mass is 10.1. The highest BCUT2D eigenvalue weighted by molar-refractivity contribution is 7.11. The average molecular weight is 299 g/mol. The molecule has 5 heteroatoms. The van der Waals surface area contributed by atoms with Crippen LogP contribution in [0, 0.1) is 0 Å². The minimum atomic E-state index is -0.245. The number of carbonyl (C=O) groups excluding carboxylic acids is 1. The maximum absolute atomic E-state index is 10.7. The van der Waals surface area contributed by atoms with Crippen molar-refractivity contribution in [3.05, 3.63) is 52.1 Å². The number of carbonyl (C=O) groups is 1. The number of aromatic nitrogens is 2. The number of para-hydroxylation sites is 1. The summed E-state index contributed by atoms with van der Waals surface area (Å²) in [5, 5.41) is 2.34. The first-order valence-electron chi connectivity index (χ1n) is 6.99. The third kappa shape index (κ3) is 3.31. The van der Waals surface area contributed by atoms with Gasteiger partial charge < -0.3 is 10.7 Å². The number of nitrogens with two attached hydrogens (primary N) is 1. The molecule has 4 nitrogen and oxygen atoms in total. The van der Waals surface area contributed by atoms with E-state index in [0.717, 1.165) is 24.3 Å². The van der Waals surface area contributed by atoms with Gasteiger partial charge in [-0.15, -0.1) is 11.3 Å². The zero-order valence-corrected chi connectivity index (χ0v) is 12.5. The second-order valence-corrected chi connectivity index (χ2v) is 6.28. The minimum absolute atomic E-state index is 0.245. The van der Waals surface area contributed by atoms with Crippen molar-refractivity contribution < 1.29 is 4.79 Å². The van der Waals surface area contributed by atoms with Crippen LogP contribution in [0.4, 0.5) is 0 Å². The van der Waals surface area contributed by atoms with Crippen LogP contribution in [0.1, 0.15) is 28.3 Å². The smallest absolute Gasteiger partial charge is 0.217 e. The van der Waals surface area contributed by atoms with E-state index in [2.05, 4.69) is 34.4 Å². The molecule has 3 aromatic rings. The van der Waals surface area contributed by atoms with Crippen molar-refractivity contribution in [2.24, 2.45) is 5.73 Å². The van der Waals surface area contributed by atoms with Crippen LogP contribution in [0.15, 0.2) is 36.7 Å². The Hall–Kier alpha value is -2.14. The van der Waals surface area contributed by atoms with E-state index in [0.29, 0.717) is 6.42 Å². The van der Waals surface area contributed by atoms with Gasteiger partial charge in [-0.2, -0.15) is 0 Å². The third-order valence-electron chi connectivity index (χ3n) is 3.45. The number of aromatic amines is 1. The summed E-state index contributed by atoms with van der Waals surface area (Å²) >= 11 is 1.71. The predicted molar refractivity (Wildman–Crippen MR) is 85.4 cm³/mol. The van der Waals surface area contributed by atoms with Gasteiger partial charge in [0.25, 0.3) is 0 Å². The van der Waals surface area contributed by atoms with Gasteiger partial charge in [0.05, 0.1) is 5.01 Å². The molecular weight excluding hydrogens is 282 g/mol. The lowest BCUT2D eigenvalue weighted by molar-refractivity contribution is -0.118. The van der Waals surface area contributed by atoms with E-state index in [4.69, 9.17) is 5.73 Å². The van der Waals surface area contributed by atoms with Gasteiger partial charge in [-0.05, 0) is 24.5 Å². The Kier molecular flexibility index (Phi) is 4.01. The summed E-state index contributed by atoms with van der Waals surface area (Å²) in [5.41, 5.74) is 7.60. The highest BCUT2D eigenvalue weighted by Crippen LogP contribution is 2.24. The lowest BCUT2D eigenvalue weighted by Crippen LogP contribution is -2.10. The summed E-state index contributed by atoms with van der Waals surface area (Å²) in [4.78, 5) is 19.7. The largest absolute Gasteiger partial charge is 0.370 e. The molecule has 0 bridgehead atoms. The Morgan fingerprint density at radius 1 is 1.33 bits per heavy atom. The molecule has 21 heavy (non-hydrogen) atoms. The number of amides is 1. The van der Waals surface area contributed by atoms with Gasteiger partial charge in [-0.1, -0.05) is 18.2 Å². The zero-order valence-electron chi connectivity index (χ0n) is 11.6. The van der Waals surface area contributed by atoms with Crippen LogP contribution < -0.4 is 5.73 Å². The van der Waals surface area contributed by atoms with Gasteiger partial charge >= 0.3 is 0 Å². The Labute approximate surface area is 127 Å². The molecule has 0 atom stereocenters. The number of nitrogens with zero attached hydrogens (tertiary/aromatic N) is 1. The Balaban J connectivity index is 1.68. The molecular formula is C16H17N3OS. The molecule has 0 radical (unpaired) electrons. The fraction of sp³-hybridized carbons (Fsp3) is 0.250. The van der Waals surface area contributed by atoms with Crippen LogP contribution in [0.5, 0.6) is 0 Å². The Morgan fingerprint density at radius 3 is 3.05 bits per heavy atom. The quantitative estimate of drug-likeness (QED) is 0.734. The van der Waals surface area contributed by atoms with Crippen molar-refractivity contribution in [1.82, 2.24) is 9.97 Å². The lowest BCUT2D eigenvalue weighted by Gasteiger charge is -1.96. The van der Waals surface area contributed by atoms with Crippen molar-refractivity contribution in [2.75, 3.05) is 0 Å². The summed E-state index contributed by atoms with van der Waals surface area (Å²) < 4.78 is 0. The van der Waals surface area contributed by atoms with Crippen molar-refractivity contribution in [2.45, 2.75) is 25.7 Å². The summed E-state index contributed by atoms with van der Waals surface area (Å²) in [6.07, 6.45) is 6.91. The molecule has 0 spiro atoms. The number of nitrogens with one attached hydrogen (secondary N) is 1. The molecule has 3 rings (SSSR count). The molecule has 2 aromatic heterocycles. The van der Waals surface area contributed by atoms with Crippen LogP contribution in [-0.4, -0.2) is 15.9 Å². The molecule has 0 aliphatic heterocycles. The fourth-order valence-electron chi connectivity index (χ4n) is 2.42. The Morgan fingerprint density at radius 2 is 2.19 bits per heavy atom. The van der Waals surface area contributed by atoms with E-state index in [9.17, 15) is 4.79 Å². The third-order valence-corrected chi connectivity index (χ3v) is 4.51. The van der Waals surface area contributed by atoms with Gasteiger partial charge in [-0.25, -0.2) is 4.98 Å². The topological polar surface area (TPSA) is 71.8 Å². The first-order chi connectivity index (χ1) is 10.2. The van der Waals surface area contributed by atoms with Crippen molar-refractivity contribution in [1.29, 1.82) is 0 Å². The van der Waals surface area contributed by atoms with Crippen molar-refractivity contribution in [3.8, 4) is 0 Å². The van der Waals surface area contributed by atoms with E-state index in [1.54, 1.807) is 11.3 Å². The number of aryl methyl sites for hydroxylation is 1. The maximum atomic E-state index is 10.7. The van der Waals surface area contributed by atoms with Crippen LogP contribution in [0.3, 0.4) is 0 Å². The molecule has 0 fully saturated rings. The normalized spacial score (nSPS) is 11.0. The first kappa shape index (κ1) is 13.8. The van der Waals surface area contributed by atoms with Gasteiger partial charge in [0.1, 0.15) is 0 Å². The molecule has 1 amide bonds. The second kappa shape index (κ2) is 6.10. The Bertz CT molecular complexity index is 760. The van der Waals surface area contributed by atoms with Crippen molar-refractivity contribution >= 4 is 28.1 Å². The minimum Gasteiger partial charge on any atom is -0.370 e. The number of thiazole rings is 1. The summed E-state index contributed by atoms with van der Waals surface area (Å²) in [6.45, 7) is 0. The van der Waals surface area contributed by atoms with E-state index in [1.165, 1.54) is 21.3 Å². The van der Waals surface area contributed by atoms with E-state index in [1.807, 2.05) is 12.3 Å². The number of hydrogen-bond acceptors (Lipinski definition) is 3. The number of benzene rings is 1. The zero-order chi connectivity index (χ0) is 14.7. The van der Waals surface area contributed by atoms with Crippen LogP contribution >= 0.6 is 11.3 Å². The predicted octanol–water partition coefficient (Wildman–Crippen LogP) is 3.02. The molecule has 0 saturated carbocycles. The fourth-order valence-corrected chi connectivity index (χ4v) is 3.41. The molecule has 2 heterocycles. The number of rotatable bonds is 6. The van der Waals surface area contributed by atoms with Crippen LogP contribution in [-0.2, 0) is 17.6 Å². The highest BCUT2D eigenvalue weighted by Gasteiger charge is 2.07. The average Bonchev–Trinajstić information content (AvgIpc) is 3.07. The summed E-state index contributed by atoms with van der Waals surface area (Å²) in [5.74, 6) is -0.245. The summed E-state index contributed by atoms with van der Waals surface area (Å²) in [7, 11) is 0. The molecule has 1 aromatic carbocycles. The van der Waals surface area contributed by atoms with E-state index in [-0.39, 0.29) is 5.91 Å². The number of fused-ring (bicyclic) bond motifs is 1. The molecule has 0 aliphatic carbocycles. The van der Waals surface area contributed by atoms with E-state index >= 15 is 0 Å². The first-order valence-corrected chi connectivity index (χ1v) is 7.81. The van der Waals surface area contributed by atoms with Gasteiger partial charge in [0.2, 0.25) is 5.91 Å².